The summed E-state index contributed by atoms with van der Waals surface area (Å²) in [7, 11) is -1.90. The van der Waals surface area contributed by atoms with E-state index in [0.29, 0.717) is 23.1 Å². The number of carbonyl (C=O) groups excluding carboxylic acids is 2. The van der Waals surface area contributed by atoms with Gasteiger partial charge in [0.15, 0.2) is 9.84 Å². The van der Waals surface area contributed by atoms with Crippen LogP contribution in [-0.2, 0) is 14.6 Å². The van der Waals surface area contributed by atoms with Crippen LogP contribution in [0.5, 0.6) is 5.88 Å². The molecule has 1 aliphatic heterocycles. The van der Waals surface area contributed by atoms with Gasteiger partial charge >= 0.3 is 6.09 Å². The van der Waals surface area contributed by atoms with Crippen molar-refractivity contribution in [3.8, 4) is 5.88 Å². The molecule has 2 heterocycles. The van der Waals surface area contributed by atoms with Gasteiger partial charge in [0.2, 0.25) is 5.88 Å². The minimum atomic E-state index is -3.30. The molecule has 10 heteroatoms. The molecule has 0 saturated heterocycles. The van der Waals surface area contributed by atoms with E-state index in [4.69, 9.17) is 9.47 Å². The van der Waals surface area contributed by atoms with Crippen LogP contribution in [0.1, 0.15) is 38.1 Å². The number of anilines is 1. The standard InChI is InChI=1S/C22H27N3O6S/c1-6-25(21(27)31-22(2,3)4)16-7-8-18-14(11-16)12-17(20(24-18)30-5)19(26)23-15-9-10-32(28,29)13-15/h7-12,15H,6,13H2,1-5H3,(H,23,26). The molecule has 2 amide bonds. The zero-order chi connectivity index (χ0) is 23.7. The van der Waals surface area contributed by atoms with E-state index in [9.17, 15) is 18.0 Å². The molecule has 1 N–H and O–H groups in total. The number of pyridine rings is 1. The van der Waals surface area contributed by atoms with Crippen molar-refractivity contribution in [2.45, 2.75) is 39.3 Å². The molecule has 1 atom stereocenters. The van der Waals surface area contributed by atoms with Gasteiger partial charge in [0.1, 0.15) is 11.2 Å². The highest BCUT2D eigenvalue weighted by atomic mass is 32.2. The Morgan fingerprint density at radius 1 is 1.25 bits per heavy atom. The summed E-state index contributed by atoms with van der Waals surface area (Å²) in [6.45, 7) is 7.61. The molecular weight excluding hydrogens is 434 g/mol. The summed E-state index contributed by atoms with van der Waals surface area (Å²) in [5.74, 6) is -0.576. The van der Waals surface area contributed by atoms with Crippen LogP contribution in [0.15, 0.2) is 35.7 Å². The summed E-state index contributed by atoms with van der Waals surface area (Å²) in [5.41, 5.74) is 0.697. The number of methoxy groups -OCH3 is 1. The van der Waals surface area contributed by atoms with E-state index in [1.54, 1.807) is 45.0 Å². The van der Waals surface area contributed by atoms with E-state index < -0.39 is 33.5 Å². The van der Waals surface area contributed by atoms with Gasteiger partial charge in [0.25, 0.3) is 5.91 Å². The molecule has 3 rings (SSSR count). The first-order chi connectivity index (χ1) is 14.9. The SMILES string of the molecule is CCN(C(=O)OC(C)(C)C)c1ccc2nc(OC)c(C(=O)NC3C=CS(=O)(=O)C3)cc2c1. The van der Waals surface area contributed by atoms with Gasteiger partial charge in [-0.2, -0.15) is 0 Å². The van der Waals surface area contributed by atoms with Gasteiger partial charge in [-0.1, -0.05) is 0 Å². The number of nitrogens with zero attached hydrogens (tertiary/aromatic N) is 2. The maximum atomic E-state index is 12.8. The number of ether oxygens (including phenoxy) is 2. The summed E-state index contributed by atoms with van der Waals surface area (Å²) < 4.78 is 34.0. The van der Waals surface area contributed by atoms with E-state index in [1.165, 1.54) is 18.1 Å². The number of hydrogen-bond donors (Lipinski definition) is 1. The number of carbonyl (C=O) groups is 2. The molecule has 1 aromatic heterocycles. The Bertz CT molecular complexity index is 1180. The number of benzene rings is 1. The van der Waals surface area contributed by atoms with Crippen LogP contribution in [0.3, 0.4) is 0 Å². The van der Waals surface area contributed by atoms with Crippen molar-refractivity contribution in [2.24, 2.45) is 0 Å². The highest BCUT2D eigenvalue weighted by molar-refractivity contribution is 7.94. The number of sulfone groups is 1. The molecule has 1 unspecified atom stereocenters. The molecule has 1 aromatic carbocycles. The van der Waals surface area contributed by atoms with E-state index >= 15 is 0 Å². The van der Waals surface area contributed by atoms with Gasteiger partial charge in [-0.15, -0.1) is 0 Å². The number of aromatic nitrogens is 1. The Balaban J connectivity index is 1.94. The minimum Gasteiger partial charge on any atom is -0.480 e. The Morgan fingerprint density at radius 2 is 1.97 bits per heavy atom. The van der Waals surface area contributed by atoms with Crippen molar-refractivity contribution in [3.63, 3.8) is 0 Å². The molecule has 172 valence electrons. The van der Waals surface area contributed by atoms with Crippen LogP contribution >= 0.6 is 0 Å². The molecule has 0 spiro atoms. The first-order valence-electron chi connectivity index (χ1n) is 10.1. The van der Waals surface area contributed by atoms with Crippen LogP contribution in [0, 0.1) is 0 Å². The maximum absolute atomic E-state index is 12.8. The third kappa shape index (κ3) is 5.37. The lowest BCUT2D eigenvalue weighted by molar-refractivity contribution is 0.0582. The van der Waals surface area contributed by atoms with E-state index in [1.807, 2.05) is 6.92 Å². The molecule has 9 nitrogen and oxygen atoms in total. The third-order valence-corrected chi connectivity index (χ3v) is 6.09. The second-order valence-corrected chi connectivity index (χ2v) is 10.3. The molecule has 2 aromatic rings. The van der Waals surface area contributed by atoms with Gasteiger partial charge < -0.3 is 14.8 Å². The molecule has 0 fully saturated rings. The summed E-state index contributed by atoms with van der Waals surface area (Å²) in [4.78, 5) is 31.3. The van der Waals surface area contributed by atoms with Crippen molar-refractivity contribution in [3.05, 3.63) is 41.3 Å². The van der Waals surface area contributed by atoms with Crippen molar-refractivity contribution in [1.82, 2.24) is 10.3 Å². The Morgan fingerprint density at radius 3 is 2.53 bits per heavy atom. The number of nitrogens with one attached hydrogen (secondary N) is 1. The average molecular weight is 462 g/mol. The maximum Gasteiger partial charge on any atom is 0.414 e. The molecule has 32 heavy (non-hydrogen) atoms. The van der Waals surface area contributed by atoms with Crippen LogP contribution in [0.2, 0.25) is 0 Å². The molecule has 0 saturated carbocycles. The molecular formula is C22H27N3O6S. The predicted molar refractivity (Wildman–Crippen MR) is 122 cm³/mol. The van der Waals surface area contributed by atoms with Gasteiger partial charge in [-0.3, -0.25) is 9.69 Å². The monoisotopic (exact) mass is 461 g/mol. The molecule has 0 bridgehead atoms. The molecule has 0 aliphatic carbocycles. The zero-order valence-corrected chi connectivity index (χ0v) is 19.5. The summed E-state index contributed by atoms with van der Waals surface area (Å²) in [5, 5.41) is 4.38. The summed E-state index contributed by atoms with van der Waals surface area (Å²) >= 11 is 0. The van der Waals surface area contributed by atoms with Crippen molar-refractivity contribution < 1.29 is 27.5 Å². The fourth-order valence-corrected chi connectivity index (χ4v) is 4.51. The van der Waals surface area contributed by atoms with Crippen LogP contribution in [-0.4, -0.2) is 56.5 Å². The lowest BCUT2D eigenvalue weighted by atomic mass is 10.1. The Hall–Kier alpha value is -3.14. The second-order valence-electron chi connectivity index (χ2n) is 8.38. The van der Waals surface area contributed by atoms with Crippen LogP contribution in [0.25, 0.3) is 10.9 Å². The fraction of sp³-hybridized carbons (Fsp3) is 0.409. The van der Waals surface area contributed by atoms with E-state index in [-0.39, 0.29) is 17.2 Å². The summed E-state index contributed by atoms with van der Waals surface area (Å²) in [6.07, 6.45) is 0.958. The van der Waals surface area contributed by atoms with E-state index in [0.717, 1.165) is 5.41 Å². The van der Waals surface area contributed by atoms with Gasteiger partial charge in [-0.25, -0.2) is 18.2 Å². The fourth-order valence-electron chi connectivity index (χ4n) is 3.28. The number of hydrogen-bond acceptors (Lipinski definition) is 7. The lowest BCUT2D eigenvalue weighted by Gasteiger charge is -2.26. The number of fused-ring (bicyclic) bond motifs is 1. The second kappa shape index (κ2) is 8.78. The van der Waals surface area contributed by atoms with Gasteiger partial charge in [0, 0.05) is 23.0 Å². The van der Waals surface area contributed by atoms with Crippen molar-refractivity contribution in [2.75, 3.05) is 24.3 Å². The Labute approximate surface area is 187 Å². The first-order valence-corrected chi connectivity index (χ1v) is 11.8. The predicted octanol–water partition coefficient (Wildman–Crippen LogP) is 3.05. The highest BCUT2D eigenvalue weighted by Crippen LogP contribution is 2.27. The Kier molecular flexibility index (Phi) is 6.45. The number of rotatable bonds is 5. The third-order valence-electron chi connectivity index (χ3n) is 4.69. The summed E-state index contributed by atoms with van der Waals surface area (Å²) in [6, 6.07) is 6.20. The first kappa shape index (κ1) is 23.5. The average Bonchev–Trinajstić information content (AvgIpc) is 3.04. The van der Waals surface area contributed by atoms with Gasteiger partial charge in [0.05, 0.1) is 24.4 Å². The van der Waals surface area contributed by atoms with Crippen molar-refractivity contribution >= 4 is 38.4 Å². The highest BCUT2D eigenvalue weighted by Gasteiger charge is 2.26. The van der Waals surface area contributed by atoms with Crippen LogP contribution < -0.4 is 15.0 Å². The number of amides is 2. The van der Waals surface area contributed by atoms with Gasteiger partial charge in [-0.05, 0) is 58.0 Å². The largest absolute Gasteiger partial charge is 0.480 e. The molecule has 0 radical (unpaired) electrons. The lowest BCUT2D eigenvalue weighted by Crippen LogP contribution is -2.36. The smallest absolute Gasteiger partial charge is 0.414 e. The normalized spacial score (nSPS) is 17.2. The molecule has 1 aliphatic rings. The van der Waals surface area contributed by atoms with Crippen molar-refractivity contribution in [1.29, 1.82) is 0 Å². The quantitative estimate of drug-likeness (QED) is 0.728. The van der Waals surface area contributed by atoms with E-state index in [2.05, 4.69) is 10.3 Å². The zero-order valence-electron chi connectivity index (χ0n) is 18.7. The van der Waals surface area contributed by atoms with Crippen LogP contribution in [0.4, 0.5) is 10.5 Å². The topological polar surface area (TPSA) is 115 Å². The minimum absolute atomic E-state index is 0.118.